The maximum absolute atomic E-state index is 13.7. The summed E-state index contributed by atoms with van der Waals surface area (Å²) in [4.78, 5) is 30.2. The number of rotatable bonds is 7. The lowest BCUT2D eigenvalue weighted by atomic mass is 9.86. The number of para-hydroxylation sites is 1. The molecule has 0 radical (unpaired) electrons. The highest BCUT2D eigenvalue weighted by Gasteiger charge is 2.55. The van der Waals surface area contributed by atoms with Crippen molar-refractivity contribution in [3.05, 3.63) is 60.7 Å². The molecule has 1 spiro atoms. The lowest BCUT2D eigenvalue weighted by Gasteiger charge is -2.42. The minimum atomic E-state index is -3.63. The molecule has 0 saturated carbocycles. The molecule has 34 heavy (non-hydrogen) atoms. The Hall–Kier alpha value is -2.91. The Balaban J connectivity index is 1.57. The predicted molar refractivity (Wildman–Crippen MR) is 131 cm³/mol. The van der Waals surface area contributed by atoms with Crippen molar-refractivity contribution in [3.8, 4) is 0 Å². The third-order valence-electron chi connectivity index (χ3n) is 6.87. The number of sulfonamides is 1. The largest absolute Gasteiger partial charge is 0.352 e. The van der Waals surface area contributed by atoms with Crippen molar-refractivity contribution in [2.75, 3.05) is 31.2 Å². The normalized spacial score (nSPS) is 19.4. The summed E-state index contributed by atoms with van der Waals surface area (Å²) in [7, 11) is -3.63. The SMILES string of the molecule is CCC(C)NC(=O)CN1CN(c2ccccc2)C2(CCN(S(=O)(=O)c3ccccc3)CC2)C1=O. The van der Waals surface area contributed by atoms with E-state index in [0.717, 1.165) is 12.1 Å². The zero-order chi connectivity index (χ0) is 24.3. The molecule has 0 bridgehead atoms. The summed E-state index contributed by atoms with van der Waals surface area (Å²) in [6.07, 6.45) is 1.53. The van der Waals surface area contributed by atoms with Crippen molar-refractivity contribution < 1.29 is 18.0 Å². The molecule has 1 unspecified atom stereocenters. The molecule has 0 aromatic heterocycles. The maximum atomic E-state index is 13.7. The molecule has 2 aromatic carbocycles. The zero-order valence-corrected chi connectivity index (χ0v) is 20.5. The highest BCUT2D eigenvalue weighted by Crippen LogP contribution is 2.40. The molecular weight excluding hydrogens is 452 g/mol. The highest BCUT2D eigenvalue weighted by atomic mass is 32.2. The molecule has 2 heterocycles. The van der Waals surface area contributed by atoms with Crippen LogP contribution >= 0.6 is 0 Å². The molecule has 0 aliphatic carbocycles. The van der Waals surface area contributed by atoms with E-state index in [1.807, 2.05) is 49.1 Å². The average Bonchev–Trinajstić information content (AvgIpc) is 3.11. The van der Waals surface area contributed by atoms with E-state index in [1.54, 1.807) is 35.2 Å². The van der Waals surface area contributed by atoms with Crippen LogP contribution in [0.1, 0.15) is 33.1 Å². The van der Waals surface area contributed by atoms with Gasteiger partial charge in [0.05, 0.1) is 11.6 Å². The number of carbonyl (C=O) groups excluding carboxylic acids is 2. The summed E-state index contributed by atoms with van der Waals surface area (Å²) in [5.41, 5.74) is 0.0146. The van der Waals surface area contributed by atoms with E-state index < -0.39 is 15.6 Å². The first kappa shape index (κ1) is 24.2. The van der Waals surface area contributed by atoms with Gasteiger partial charge >= 0.3 is 0 Å². The van der Waals surface area contributed by atoms with Crippen molar-refractivity contribution in [2.45, 2.75) is 49.6 Å². The standard InChI is InChI=1S/C25H32N4O4S/c1-3-20(2)26-23(30)18-27-19-29(21-10-6-4-7-11-21)25(24(27)31)14-16-28(17-15-25)34(32,33)22-12-8-5-9-13-22/h4-13,20H,3,14-19H2,1-2H3,(H,26,30). The zero-order valence-electron chi connectivity index (χ0n) is 19.7. The molecular formula is C25H32N4O4S. The van der Waals surface area contributed by atoms with Crippen LogP contribution < -0.4 is 10.2 Å². The number of piperidine rings is 1. The van der Waals surface area contributed by atoms with Gasteiger partial charge in [-0.05, 0) is 50.5 Å². The second-order valence-electron chi connectivity index (χ2n) is 9.03. The van der Waals surface area contributed by atoms with Crippen molar-refractivity contribution in [1.82, 2.24) is 14.5 Å². The van der Waals surface area contributed by atoms with Crippen LogP contribution in [0.4, 0.5) is 5.69 Å². The molecule has 1 atom stereocenters. The molecule has 9 heteroatoms. The van der Waals surface area contributed by atoms with E-state index in [2.05, 4.69) is 5.32 Å². The quantitative estimate of drug-likeness (QED) is 0.652. The number of amides is 2. The monoisotopic (exact) mass is 484 g/mol. The van der Waals surface area contributed by atoms with Crippen LogP contribution in [0.3, 0.4) is 0 Å². The van der Waals surface area contributed by atoms with Crippen LogP contribution in [0.2, 0.25) is 0 Å². The van der Waals surface area contributed by atoms with Gasteiger partial charge in [-0.15, -0.1) is 0 Å². The van der Waals surface area contributed by atoms with E-state index in [9.17, 15) is 18.0 Å². The molecule has 2 amide bonds. The second kappa shape index (κ2) is 9.76. The first-order valence-corrected chi connectivity index (χ1v) is 13.2. The molecule has 2 aliphatic rings. The van der Waals surface area contributed by atoms with E-state index in [0.29, 0.717) is 19.5 Å². The van der Waals surface area contributed by atoms with Crippen LogP contribution in [0.15, 0.2) is 65.6 Å². The van der Waals surface area contributed by atoms with Gasteiger partial charge in [-0.25, -0.2) is 8.42 Å². The first-order chi connectivity index (χ1) is 16.3. The van der Waals surface area contributed by atoms with E-state index in [-0.39, 0.29) is 42.4 Å². The number of nitrogens with one attached hydrogen (secondary N) is 1. The molecule has 4 rings (SSSR count). The van der Waals surface area contributed by atoms with Crippen molar-refractivity contribution in [3.63, 3.8) is 0 Å². The van der Waals surface area contributed by atoms with Gasteiger partial charge in [-0.2, -0.15) is 4.31 Å². The lowest BCUT2D eigenvalue weighted by Crippen LogP contribution is -2.57. The smallest absolute Gasteiger partial charge is 0.250 e. The third-order valence-corrected chi connectivity index (χ3v) is 8.78. The van der Waals surface area contributed by atoms with Gasteiger partial charge in [0.2, 0.25) is 21.8 Å². The van der Waals surface area contributed by atoms with Gasteiger partial charge in [-0.1, -0.05) is 43.3 Å². The van der Waals surface area contributed by atoms with Gasteiger partial charge in [0.25, 0.3) is 0 Å². The fraction of sp³-hybridized carbons (Fsp3) is 0.440. The van der Waals surface area contributed by atoms with Crippen LogP contribution in [-0.2, 0) is 19.6 Å². The fourth-order valence-electron chi connectivity index (χ4n) is 4.76. The molecule has 2 saturated heterocycles. The summed E-state index contributed by atoms with van der Waals surface area (Å²) < 4.78 is 27.7. The van der Waals surface area contributed by atoms with Gasteiger partial charge < -0.3 is 15.1 Å². The Morgan fingerprint density at radius 2 is 1.62 bits per heavy atom. The number of hydrogen-bond acceptors (Lipinski definition) is 5. The van der Waals surface area contributed by atoms with Crippen molar-refractivity contribution in [1.29, 1.82) is 0 Å². The topological polar surface area (TPSA) is 90.0 Å². The van der Waals surface area contributed by atoms with Gasteiger partial charge in [0.1, 0.15) is 12.1 Å². The van der Waals surface area contributed by atoms with Crippen LogP contribution in [-0.4, -0.2) is 67.3 Å². The average molecular weight is 485 g/mol. The number of anilines is 1. The summed E-state index contributed by atoms with van der Waals surface area (Å²) in [5, 5.41) is 2.93. The molecule has 2 aromatic rings. The summed E-state index contributed by atoms with van der Waals surface area (Å²) in [6, 6.07) is 18.1. The third kappa shape index (κ3) is 4.54. The minimum Gasteiger partial charge on any atom is -0.352 e. The van der Waals surface area contributed by atoms with E-state index >= 15 is 0 Å². The molecule has 2 aliphatic heterocycles. The Morgan fingerprint density at radius 3 is 2.21 bits per heavy atom. The van der Waals surface area contributed by atoms with Gasteiger partial charge in [0, 0.05) is 24.8 Å². The maximum Gasteiger partial charge on any atom is 0.250 e. The van der Waals surface area contributed by atoms with Crippen LogP contribution in [0, 0.1) is 0 Å². The second-order valence-corrected chi connectivity index (χ2v) is 11.0. The first-order valence-electron chi connectivity index (χ1n) is 11.7. The minimum absolute atomic E-state index is 0.0136. The molecule has 1 N–H and O–H groups in total. The van der Waals surface area contributed by atoms with Crippen molar-refractivity contribution in [2.24, 2.45) is 0 Å². The Kier molecular flexibility index (Phi) is 6.95. The molecule has 8 nitrogen and oxygen atoms in total. The number of benzene rings is 2. The van der Waals surface area contributed by atoms with Crippen molar-refractivity contribution >= 4 is 27.5 Å². The van der Waals surface area contributed by atoms with Gasteiger partial charge in [0.15, 0.2) is 0 Å². The Morgan fingerprint density at radius 1 is 1.03 bits per heavy atom. The Bertz CT molecular complexity index is 1120. The fourth-order valence-corrected chi connectivity index (χ4v) is 6.22. The van der Waals surface area contributed by atoms with Crippen LogP contribution in [0.5, 0.6) is 0 Å². The summed E-state index contributed by atoms with van der Waals surface area (Å²) in [6.45, 7) is 4.68. The lowest BCUT2D eigenvalue weighted by molar-refractivity contribution is -0.137. The van der Waals surface area contributed by atoms with E-state index in [4.69, 9.17) is 0 Å². The van der Waals surface area contributed by atoms with Gasteiger partial charge in [-0.3, -0.25) is 9.59 Å². The number of nitrogens with zero attached hydrogens (tertiary/aromatic N) is 3. The van der Waals surface area contributed by atoms with Crippen LogP contribution in [0.25, 0.3) is 0 Å². The Labute approximate surface area is 201 Å². The summed E-state index contributed by atoms with van der Waals surface area (Å²) in [5.74, 6) is -0.302. The van der Waals surface area contributed by atoms with E-state index in [1.165, 1.54) is 4.31 Å². The molecule has 2 fully saturated rings. The predicted octanol–water partition coefficient (Wildman–Crippen LogP) is 2.43. The molecule has 182 valence electrons. The summed E-state index contributed by atoms with van der Waals surface area (Å²) >= 11 is 0. The number of carbonyl (C=O) groups is 2. The highest BCUT2D eigenvalue weighted by molar-refractivity contribution is 7.89. The number of hydrogen-bond donors (Lipinski definition) is 1.